The van der Waals surface area contributed by atoms with Crippen LogP contribution in [0.5, 0.6) is 5.75 Å². The number of unbranched alkanes of at least 4 members (excludes halogenated alkanes) is 1. The zero-order valence-corrected chi connectivity index (χ0v) is 15.6. The molecule has 0 aliphatic carbocycles. The van der Waals surface area contributed by atoms with Gasteiger partial charge in [0.15, 0.2) is 6.61 Å². The highest BCUT2D eigenvalue weighted by molar-refractivity contribution is 5.77. The molecule has 0 fully saturated rings. The molecule has 0 radical (unpaired) electrons. The van der Waals surface area contributed by atoms with Crippen molar-refractivity contribution >= 4 is 5.91 Å². The van der Waals surface area contributed by atoms with Gasteiger partial charge in [0.2, 0.25) is 5.82 Å². The van der Waals surface area contributed by atoms with E-state index >= 15 is 0 Å². The lowest BCUT2D eigenvalue weighted by Gasteiger charge is -2.07. The van der Waals surface area contributed by atoms with E-state index in [2.05, 4.69) is 22.4 Å². The highest BCUT2D eigenvalue weighted by Gasteiger charge is 2.11. The number of benzene rings is 2. The van der Waals surface area contributed by atoms with E-state index in [0.29, 0.717) is 24.0 Å². The average molecular weight is 365 g/mol. The molecule has 1 heterocycles. The molecule has 2 aromatic carbocycles. The summed E-state index contributed by atoms with van der Waals surface area (Å²) in [6.07, 6.45) is 2.00. The van der Waals surface area contributed by atoms with Crippen LogP contribution >= 0.6 is 0 Å². The van der Waals surface area contributed by atoms with Crippen molar-refractivity contribution in [3.05, 3.63) is 54.1 Å². The summed E-state index contributed by atoms with van der Waals surface area (Å²) >= 11 is 0. The quantitative estimate of drug-likeness (QED) is 0.610. The predicted octanol–water partition coefficient (Wildman–Crippen LogP) is 4.01. The summed E-state index contributed by atoms with van der Waals surface area (Å²) in [6.45, 7) is 4.76. The Bertz CT molecular complexity index is 888. The van der Waals surface area contributed by atoms with E-state index in [4.69, 9.17) is 9.26 Å². The number of rotatable bonds is 8. The molecular weight excluding hydrogens is 342 g/mol. The van der Waals surface area contributed by atoms with E-state index in [1.165, 1.54) is 5.56 Å². The predicted molar refractivity (Wildman–Crippen MR) is 103 cm³/mol. The second-order valence-electron chi connectivity index (χ2n) is 6.31. The fraction of sp³-hybridized carbons (Fsp3) is 0.286. The van der Waals surface area contributed by atoms with E-state index in [0.717, 1.165) is 24.0 Å². The van der Waals surface area contributed by atoms with Crippen LogP contribution in [0.4, 0.5) is 0 Å². The maximum atomic E-state index is 11.8. The van der Waals surface area contributed by atoms with Crippen LogP contribution < -0.4 is 10.1 Å². The molecule has 1 aromatic heterocycles. The van der Waals surface area contributed by atoms with E-state index in [9.17, 15) is 4.79 Å². The Hall–Kier alpha value is -3.15. The molecule has 1 N–H and O–H groups in total. The van der Waals surface area contributed by atoms with Gasteiger partial charge in [-0.05, 0) is 31.5 Å². The van der Waals surface area contributed by atoms with Gasteiger partial charge in [0.1, 0.15) is 5.75 Å². The Balaban J connectivity index is 1.65. The van der Waals surface area contributed by atoms with Crippen molar-refractivity contribution in [3.8, 4) is 28.6 Å². The maximum absolute atomic E-state index is 11.8. The summed E-state index contributed by atoms with van der Waals surface area (Å²) in [6, 6.07) is 15.2. The number of nitrogens with zero attached hydrogens (tertiary/aromatic N) is 2. The monoisotopic (exact) mass is 365 g/mol. The van der Waals surface area contributed by atoms with Crippen LogP contribution in [0.2, 0.25) is 0 Å². The molecule has 1 amide bonds. The zero-order valence-electron chi connectivity index (χ0n) is 15.6. The molecular formula is C21H23N3O3. The van der Waals surface area contributed by atoms with Gasteiger partial charge in [-0.25, -0.2) is 0 Å². The van der Waals surface area contributed by atoms with Crippen molar-refractivity contribution in [2.24, 2.45) is 0 Å². The molecule has 0 aliphatic rings. The molecule has 0 bridgehead atoms. The van der Waals surface area contributed by atoms with Gasteiger partial charge in [0, 0.05) is 17.7 Å². The third kappa shape index (κ3) is 5.17. The first-order valence-electron chi connectivity index (χ1n) is 9.06. The first-order chi connectivity index (χ1) is 13.2. The third-order valence-corrected chi connectivity index (χ3v) is 4.04. The minimum Gasteiger partial charge on any atom is -0.484 e. The van der Waals surface area contributed by atoms with Crippen molar-refractivity contribution in [3.63, 3.8) is 0 Å². The van der Waals surface area contributed by atoms with Gasteiger partial charge in [-0.15, -0.1) is 0 Å². The number of hydrogen-bond donors (Lipinski definition) is 1. The van der Waals surface area contributed by atoms with Gasteiger partial charge < -0.3 is 14.6 Å². The molecule has 0 atom stereocenters. The number of aromatic nitrogens is 2. The Morgan fingerprint density at radius 3 is 2.74 bits per heavy atom. The molecule has 3 aromatic rings. The standard InChI is InChI=1S/C21H23N3O3/c1-3-4-12-22-19(25)14-26-18-7-5-6-17(13-18)21-23-20(24-27-21)16-10-8-15(2)9-11-16/h5-11,13H,3-4,12,14H2,1-2H3,(H,22,25). The van der Waals surface area contributed by atoms with Crippen molar-refractivity contribution < 1.29 is 14.1 Å². The molecule has 0 saturated heterocycles. The van der Waals surface area contributed by atoms with Crippen LogP contribution in [-0.4, -0.2) is 29.2 Å². The van der Waals surface area contributed by atoms with E-state index in [-0.39, 0.29) is 12.5 Å². The summed E-state index contributed by atoms with van der Waals surface area (Å²) in [5.41, 5.74) is 2.81. The summed E-state index contributed by atoms with van der Waals surface area (Å²) in [5, 5.41) is 6.87. The molecule has 0 spiro atoms. The molecule has 6 nitrogen and oxygen atoms in total. The third-order valence-electron chi connectivity index (χ3n) is 4.04. The van der Waals surface area contributed by atoms with Gasteiger partial charge in [-0.1, -0.05) is 54.4 Å². The number of carbonyl (C=O) groups is 1. The van der Waals surface area contributed by atoms with Crippen molar-refractivity contribution in [2.75, 3.05) is 13.2 Å². The summed E-state index contributed by atoms with van der Waals surface area (Å²) in [5.74, 6) is 1.39. The van der Waals surface area contributed by atoms with Gasteiger partial charge >= 0.3 is 0 Å². The molecule has 27 heavy (non-hydrogen) atoms. The number of carbonyl (C=O) groups excluding carboxylic acids is 1. The molecule has 0 unspecified atom stereocenters. The van der Waals surface area contributed by atoms with Crippen LogP contribution in [-0.2, 0) is 4.79 Å². The fourth-order valence-corrected chi connectivity index (χ4v) is 2.48. The lowest BCUT2D eigenvalue weighted by molar-refractivity contribution is -0.123. The van der Waals surface area contributed by atoms with E-state index in [1.54, 1.807) is 12.1 Å². The second-order valence-corrected chi connectivity index (χ2v) is 6.31. The van der Waals surface area contributed by atoms with Crippen LogP contribution in [0, 0.1) is 6.92 Å². The van der Waals surface area contributed by atoms with Gasteiger partial charge in [-0.2, -0.15) is 4.98 Å². The molecule has 0 saturated carbocycles. The Kier molecular flexibility index (Phi) is 6.20. The number of aryl methyl sites for hydroxylation is 1. The fourth-order valence-electron chi connectivity index (χ4n) is 2.48. The molecule has 6 heteroatoms. The summed E-state index contributed by atoms with van der Waals surface area (Å²) in [4.78, 5) is 16.2. The first-order valence-corrected chi connectivity index (χ1v) is 9.06. The highest BCUT2D eigenvalue weighted by atomic mass is 16.5. The Morgan fingerprint density at radius 2 is 1.96 bits per heavy atom. The SMILES string of the molecule is CCCCNC(=O)COc1cccc(-c2nc(-c3ccc(C)cc3)no2)c1. The number of nitrogens with one attached hydrogen (secondary N) is 1. The van der Waals surface area contributed by atoms with Crippen LogP contribution in [0.3, 0.4) is 0 Å². The number of hydrogen-bond acceptors (Lipinski definition) is 5. The van der Waals surface area contributed by atoms with Crippen molar-refractivity contribution in [1.29, 1.82) is 0 Å². The van der Waals surface area contributed by atoms with Gasteiger partial charge in [0.25, 0.3) is 11.8 Å². The second kappa shape index (κ2) is 8.98. The Labute approximate surface area is 158 Å². The minimum absolute atomic E-state index is 0.0222. The minimum atomic E-state index is -0.131. The zero-order chi connectivity index (χ0) is 19.1. The Morgan fingerprint density at radius 1 is 1.15 bits per heavy atom. The van der Waals surface area contributed by atoms with Gasteiger partial charge in [0.05, 0.1) is 0 Å². The van der Waals surface area contributed by atoms with Crippen LogP contribution in [0.15, 0.2) is 53.1 Å². The molecule has 140 valence electrons. The van der Waals surface area contributed by atoms with E-state index in [1.807, 2.05) is 43.3 Å². The van der Waals surface area contributed by atoms with Crippen molar-refractivity contribution in [1.82, 2.24) is 15.5 Å². The topological polar surface area (TPSA) is 77.2 Å². The first kappa shape index (κ1) is 18.6. The summed E-state index contributed by atoms with van der Waals surface area (Å²) < 4.78 is 10.9. The lowest BCUT2D eigenvalue weighted by atomic mass is 10.1. The van der Waals surface area contributed by atoms with Crippen molar-refractivity contribution in [2.45, 2.75) is 26.7 Å². The highest BCUT2D eigenvalue weighted by Crippen LogP contribution is 2.25. The number of amides is 1. The molecule has 3 rings (SSSR count). The smallest absolute Gasteiger partial charge is 0.258 e. The van der Waals surface area contributed by atoms with Crippen LogP contribution in [0.25, 0.3) is 22.8 Å². The lowest BCUT2D eigenvalue weighted by Crippen LogP contribution is -2.29. The summed E-state index contributed by atoms with van der Waals surface area (Å²) in [7, 11) is 0. The number of ether oxygens (including phenoxy) is 1. The normalized spacial score (nSPS) is 10.6. The van der Waals surface area contributed by atoms with E-state index < -0.39 is 0 Å². The average Bonchev–Trinajstić information content (AvgIpc) is 3.18. The largest absolute Gasteiger partial charge is 0.484 e. The van der Waals surface area contributed by atoms with Crippen LogP contribution in [0.1, 0.15) is 25.3 Å². The van der Waals surface area contributed by atoms with Gasteiger partial charge in [-0.3, -0.25) is 4.79 Å². The molecule has 0 aliphatic heterocycles. The maximum Gasteiger partial charge on any atom is 0.258 e.